The number of hydrogen-bond donors (Lipinski definition) is 1. The number of ether oxygens (including phenoxy) is 1. The summed E-state index contributed by atoms with van der Waals surface area (Å²) < 4.78 is 7.41. The van der Waals surface area contributed by atoms with Gasteiger partial charge < -0.3 is 15.0 Å². The minimum atomic E-state index is -0.617. The van der Waals surface area contributed by atoms with Crippen molar-refractivity contribution in [3.63, 3.8) is 0 Å². The van der Waals surface area contributed by atoms with Gasteiger partial charge in [0.25, 0.3) is 11.5 Å². The molecule has 3 aromatic rings. The van der Waals surface area contributed by atoms with E-state index in [4.69, 9.17) is 4.74 Å². The molecule has 0 aliphatic carbocycles. The molecular weight excluding hydrogens is 344 g/mol. The van der Waals surface area contributed by atoms with E-state index in [-0.39, 0.29) is 11.5 Å². The standard InChI is InChI=1S/C20H20N4O3/c1-13-6-5-9-18-22-14(10-19(25)24(13)18)11-23-12-17(20(26)21-2)27-16-8-4-3-7-15(16)23/h3-10,17H,11-12H2,1-2H3,(H,21,26)/t17-/m0/s1. The third kappa shape index (κ3) is 3.12. The lowest BCUT2D eigenvalue weighted by Crippen LogP contribution is -2.48. The summed E-state index contributed by atoms with van der Waals surface area (Å²) in [6, 6.07) is 14.7. The molecule has 0 spiro atoms. The van der Waals surface area contributed by atoms with Gasteiger partial charge in [0.15, 0.2) is 6.10 Å². The molecule has 0 unspecified atom stereocenters. The first kappa shape index (κ1) is 17.1. The number of nitrogens with one attached hydrogen (secondary N) is 1. The fourth-order valence-corrected chi connectivity index (χ4v) is 3.39. The molecule has 1 N–H and O–H groups in total. The third-order valence-electron chi connectivity index (χ3n) is 4.69. The summed E-state index contributed by atoms with van der Waals surface area (Å²) in [7, 11) is 1.59. The quantitative estimate of drug-likeness (QED) is 0.763. The van der Waals surface area contributed by atoms with E-state index in [0.717, 1.165) is 11.4 Å². The molecule has 2 aromatic heterocycles. The maximum absolute atomic E-state index is 12.5. The van der Waals surface area contributed by atoms with E-state index >= 15 is 0 Å². The molecule has 1 aromatic carbocycles. The highest BCUT2D eigenvalue weighted by Gasteiger charge is 2.30. The van der Waals surface area contributed by atoms with Crippen LogP contribution >= 0.6 is 0 Å². The van der Waals surface area contributed by atoms with E-state index < -0.39 is 6.10 Å². The van der Waals surface area contributed by atoms with Gasteiger partial charge in [-0.2, -0.15) is 0 Å². The Labute approximate surface area is 156 Å². The number of fused-ring (bicyclic) bond motifs is 2. The van der Waals surface area contributed by atoms with E-state index in [1.807, 2.05) is 54.3 Å². The van der Waals surface area contributed by atoms with Crippen molar-refractivity contribution in [2.45, 2.75) is 19.6 Å². The second kappa shape index (κ2) is 6.75. The van der Waals surface area contributed by atoms with Crippen molar-refractivity contribution in [3.8, 4) is 5.75 Å². The molecule has 3 heterocycles. The molecule has 1 aliphatic rings. The van der Waals surface area contributed by atoms with Crippen LogP contribution in [0.4, 0.5) is 5.69 Å². The largest absolute Gasteiger partial charge is 0.477 e. The number of pyridine rings is 1. The summed E-state index contributed by atoms with van der Waals surface area (Å²) in [6.45, 7) is 2.67. The number of benzene rings is 1. The number of anilines is 1. The lowest BCUT2D eigenvalue weighted by Gasteiger charge is -2.35. The van der Waals surface area contributed by atoms with Crippen molar-refractivity contribution >= 4 is 17.2 Å². The average molecular weight is 364 g/mol. The van der Waals surface area contributed by atoms with Crippen LogP contribution in [0.2, 0.25) is 0 Å². The number of rotatable bonds is 3. The number of aryl methyl sites for hydroxylation is 1. The van der Waals surface area contributed by atoms with Crippen molar-refractivity contribution in [2.24, 2.45) is 0 Å². The number of aromatic nitrogens is 2. The zero-order valence-electron chi connectivity index (χ0n) is 15.2. The van der Waals surface area contributed by atoms with Crippen LogP contribution in [-0.2, 0) is 11.3 Å². The van der Waals surface area contributed by atoms with Crippen LogP contribution in [0.3, 0.4) is 0 Å². The zero-order valence-corrected chi connectivity index (χ0v) is 15.2. The molecule has 1 aliphatic heterocycles. The van der Waals surface area contributed by atoms with Gasteiger partial charge in [0, 0.05) is 18.8 Å². The minimum Gasteiger partial charge on any atom is -0.477 e. The van der Waals surface area contributed by atoms with Crippen LogP contribution in [0.5, 0.6) is 5.75 Å². The predicted octanol–water partition coefficient (Wildman–Crippen LogP) is 1.52. The summed E-state index contributed by atoms with van der Waals surface area (Å²) in [5, 5.41) is 2.63. The fourth-order valence-electron chi connectivity index (χ4n) is 3.39. The molecule has 0 radical (unpaired) electrons. The number of carbonyl (C=O) groups is 1. The van der Waals surface area contributed by atoms with Gasteiger partial charge in [-0.3, -0.25) is 14.0 Å². The first-order valence-corrected chi connectivity index (χ1v) is 8.77. The first-order valence-electron chi connectivity index (χ1n) is 8.77. The number of carbonyl (C=O) groups excluding carboxylic acids is 1. The normalized spacial score (nSPS) is 15.9. The number of nitrogens with zero attached hydrogens (tertiary/aromatic N) is 3. The van der Waals surface area contributed by atoms with Gasteiger partial charge in [-0.1, -0.05) is 18.2 Å². The van der Waals surface area contributed by atoms with Crippen molar-refractivity contribution in [1.82, 2.24) is 14.7 Å². The number of likely N-dealkylation sites (N-methyl/N-ethyl adjacent to an activating group) is 1. The second-order valence-corrected chi connectivity index (χ2v) is 6.52. The molecular formula is C20H20N4O3. The smallest absolute Gasteiger partial charge is 0.262 e. The van der Waals surface area contributed by atoms with E-state index in [1.165, 1.54) is 0 Å². The Kier molecular flexibility index (Phi) is 4.27. The number of amides is 1. The van der Waals surface area contributed by atoms with Gasteiger partial charge in [0.2, 0.25) is 0 Å². The molecule has 7 heteroatoms. The van der Waals surface area contributed by atoms with Crippen molar-refractivity contribution in [2.75, 3.05) is 18.5 Å². The van der Waals surface area contributed by atoms with Gasteiger partial charge in [-0.15, -0.1) is 0 Å². The van der Waals surface area contributed by atoms with Crippen molar-refractivity contribution in [3.05, 3.63) is 70.3 Å². The molecule has 138 valence electrons. The number of para-hydroxylation sites is 2. The van der Waals surface area contributed by atoms with Gasteiger partial charge in [-0.25, -0.2) is 4.98 Å². The van der Waals surface area contributed by atoms with Gasteiger partial charge in [0.1, 0.15) is 11.4 Å². The Morgan fingerprint density at radius 3 is 2.89 bits per heavy atom. The highest BCUT2D eigenvalue weighted by Crippen LogP contribution is 2.33. The van der Waals surface area contributed by atoms with Gasteiger partial charge in [-0.05, 0) is 31.2 Å². The zero-order chi connectivity index (χ0) is 19.0. The molecule has 0 saturated heterocycles. The Morgan fingerprint density at radius 2 is 2.07 bits per heavy atom. The highest BCUT2D eigenvalue weighted by molar-refractivity contribution is 5.83. The van der Waals surface area contributed by atoms with Crippen LogP contribution in [0, 0.1) is 6.92 Å². The number of hydrogen-bond acceptors (Lipinski definition) is 5. The van der Waals surface area contributed by atoms with Gasteiger partial charge in [0.05, 0.1) is 24.5 Å². The maximum atomic E-state index is 12.5. The van der Waals surface area contributed by atoms with Crippen LogP contribution in [0.1, 0.15) is 11.4 Å². The van der Waals surface area contributed by atoms with E-state index in [9.17, 15) is 9.59 Å². The van der Waals surface area contributed by atoms with Crippen molar-refractivity contribution < 1.29 is 9.53 Å². The Balaban J connectivity index is 1.72. The van der Waals surface area contributed by atoms with Gasteiger partial charge >= 0.3 is 0 Å². The first-order chi connectivity index (χ1) is 13.1. The van der Waals surface area contributed by atoms with E-state index in [0.29, 0.717) is 30.2 Å². The Bertz CT molecular complexity index is 1080. The molecule has 0 fully saturated rings. The lowest BCUT2D eigenvalue weighted by molar-refractivity contribution is -0.127. The fraction of sp³-hybridized carbons (Fsp3) is 0.250. The molecule has 1 atom stereocenters. The predicted molar refractivity (Wildman–Crippen MR) is 102 cm³/mol. The summed E-state index contributed by atoms with van der Waals surface area (Å²) in [5.74, 6) is 0.461. The van der Waals surface area contributed by atoms with E-state index in [1.54, 1.807) is 17.5 Å². The van der Waals surface area contributed by atoms with Crippen LogP contribution < -0.4 is 20.5 Å². The Morgan fingerprint density at radius 1 is 1.26 bits per heavy atom. The summed E-state index contributed by atoms with van der Waals surface area (Å²) in [5.41, 5.74) is 2.87. The van der Waals surface area contributed by atoms with Crippen LogP contribution in [0.25, 0.3) is 5.65 Å². The van der Waals surface area contributed by atoms with E-state index in [2.05, 4.69) is 10.3 Å². The lowest BCUT2D eigenvalue weighted by atomic mass is 10.1. The maximum Gasteiger partial charge on any atom is 0.262 e. The molecule has 4 rings (SSSR count). The SMILES string of the molecule is CNC(=O)[C@@H]1CN(Cc2cc(=O)n3c(C)cccc3n2)c2ccccc2O1. The molecule has 27 heavy (non-hydrogen) atoms. The second-order valence-electron chi connectivity index (χ2n) is 6.52. The molecule has 7 nitrogen and oxygen atoms in total. The summed E-state index contributed by atoms with van der Waals surface area (Å²) >= 11 is 0. The molecule has 1 amide bonds. The monoisotopic (exact) mass is 364 g/mol. The highest BCUT2D eigenvalue weighted by atomic mass is 16.5. The summed E-state index contributed by atoms with van der Waals surface area (Å²) in [4.78, 5) is 31.3. The summed E-state index contributed by atoms with van der Waals surface area (Å²) in [6.07, 6.45) is -0.617. The van der Waals surface area contributed by atoms with Crippen LogP contribution in [-0.4, -0.2) is 35.0 Å². The minimum absolute atomic E-state index is 0.113. The average Bonchev–Trinajstić information content (AvgIpc) is 2.67. The third-order valence-corrected chi connectivity index (χ3v) is 4.69. The topological polar surface area (TPSA) is 75.9 Å². The molecule has 0 bridgehead atoms. The van der Waals surface area contributed by atoms with Crippen molar-refractivity contribution in [1.29, 1.82) is 0 Å². The van der Waals surface area contributed by atoms with Crippen LogP contribution in [0.15, 0.2) is 53.3 Å². The molecule has 0 saturated carbocycles. The Hall–Kier alpha value is -3.35.